The highest BCUT2D eigenvalue weighted by molar-refractivity contribution is 5.96. The van der Waals surface area contributed by atoms with Crippen LogP contribution in [0.2, 0.25) is 0 Å². The van der Waals surface area contributed by atoms with E-state index in [1.807, 2.05) is 0 Å². The first-order valence-electron chi connectivity index (χ1n) is 8.76. The normalized spacial score (nSPS) is 21.2. The number of halogens is 3. The number of carboxylic acid groups (broad SMARTS) is 1. The summed E-state index contributed by atoms with van der Waals surface area (Å²) in [7, 11) is 0. The Hall–Kier alpha value is -2.25. The molecule has 1 aromatic rings. The van der Waals surface area contributed by atoms with Gasteiger partial charge in [-0.25, -0.2) is 4.79 Å². The molecule has 26 heavy (non-hydrogen) atoms. The molecule has 1 saturated heterocycles. The second-order valence-electron chi connectivity index (χ2n) is 6.87. The van der Waals surface area contributed by atoms with Crippen molar-refractivity contribution in [1.82, 2.24) is 9.80 Å². The second-order valence-corrected chi connectivity index (χ2v) is 6.87. The van der Waals surface area contributed by atoms with E-state index < -0.39 is 23.7 Å². The molecular formula is C18H21F3N2O3. The number of hydrogen-bond acceptors (Lipinski definition) is 2. The SMILES string of the molecule is O=C(O)N1CC[C@H](N(C(=O)c2ccccc2C(F)(F)F)C2CCCC2)C1. The molecule has 1 aliphatic heterocycles. The topological polar surface area (TPSA) is 60.9 Å². The van der Waals surface area contributed by atoms with E-state index in [0.29, 0.717) is 6.42 Å². The van der Waals surface area contributed by atoms with Gasteiger partial charge in [-0.2, -0.15) is 13.2 Å². The highest BCUT2D eigenvalue weighted by atomic mass is 19.4. The standard InChI is InChI=1S/C18H21F3N2O3/c19-18(20,21)15-8-4-3-7-14(15)16(24)23(12-5-1-2-6-12)13-9-10-22(11-13)17(25)26/h3-4,7-8,12-13H,1-2,5-6,9-11H2,(H,25,26)/t13-/m0/s1. The summed E-state index contributed by atoms with van der Waals surface area (Å²) in [6.07, 6.45) is -1.91. The minimum absolute atomic E-state index is 0.137. The van der Waals surface area contributed by atoms with E-state index in [-0.39, 0.29) is 30.7 Å². The summed E-state index contributed by atoms with van der Waals surface area (Å²) < 4.78 is 40.0. The van der Waals surface area contributed by atoms with Crippen LogP contribution in [0, 0.1) is 0 Å². The maximum Gasteiger partial charge on any atom is 0.417 e. The Morgan fingerprint density at radius 3 is 2.31 bits per heavy atom. The fraction of sp³-hybridized carbons (Fsp3) is 0.556. The number of carbonyl (C=O) groups is 2. The van der Waals surface area contributed by atoms with Crippen molar-refractivity contribution in [3.8, 4) is 0 Å². The van der Waals surface area contributed by atoms with Gasteiger partial charge in [-0.3, -0.25) is 4.79 Å². The Bertz CT molecular complexity index is 687. The molecule has 1 heterocycles. The van der Waals surface area contributed by atoms with Crippen LogP contribution in [-0.4, -0.2) is 52.1 Å². The Labute approximate surface area is 149 Å². The fourth-order valence-corrected chi connectivity index (χ4v) is 4.01. The lowest BCUT2D eigenvalue weighted by Crippen LogP contribution is -2.48. The molecule has 2 aliphatic rings. The van der Waals surface area contributed by atoms with Crippen molar-refractivity contribution < 1.29 is 27.9 Å². The average Bonchev–Trinajstić information content (AvgIpc) is 3.26. The van der Waals surface area contributed by atoms with Gasteiger partial charge in [0, 0.05) is 19.1 Å². The zero-order valence-electron chi connectivity index (χ0n) is 14.2. The molecule has 1 aromatic carbocycles. The molecule has 5 nitrogen and oxygen atoms in total. The van der Waals surface area contributed by atoms with Crippen molar-refractivity contribution in [2.75, 3.05) is 13.1 Å². The molecule has 0 bridgehead atoms. The number of likely N-dealkylation sites (tertiary alicyclic amines) is 1. The van der Waals surface area contributed by atoms with Gasteiger partial charge in [-0.1, -0.05) is 25.0 Å². The molecule has 2 fully saturated rings. The highest BCUT2D eigenvalue weighted by Crippen LogP contribution is 2.35. The summed E-state index contributed by atoms with van der Waals surface area (Å²) in [6.45, 7) is 0.434. The summed E-state index contributed by atoms with van der Waals surface area (Å²) in [6, 6.07) is 4.29. The molecule has 1 aliphatic carbocycles. The van der Waals surface area contributed by atoms with Crippen molar-refractivity contribution in [2.24, 2.45) is 0 Å². The van der Waals surface area contributed by atoms with E-state index in [1.54, 1.807) is 0 Å². The van der Waals surface area contributed by atoms with Crippen molar-refractivity contribution in [3.63, 3.8) is 0 Å². The molecule has 1 N–H and O–H groups in total. The first-order valence-corrected chi connectivity index (χ1v) is 8.76. The molecule has 0 spiro atoms. The number of benzene rings is 1. The molecule has 0 aromatic heterocycles. The monoisotopic (exact) mass is 370 g/mol. The molecular weight excluding hydrogens is 349 g/mol. The van der Waals surface area contributed by atoms with Gasteiger partial charge in [-0.05, 0) is 31.4 Å². The van der Waals surface area contributed by atoms with Crippen LogP contribution in [0.3, 0.4) is 0 Å². The maximum absolute atomic E-state index is 13.3. The lowest BCUT2D eigenvalue weighted by Gasteiger charge is -2.35. The van der Waals surface area contributed by atoms with Crippen molar-refractivity contribution in [3.05, 3.63) is 35.4 Å². The summed E-state index contributed by atoms with van der Waals surface area (Å²) >= 11 is 0. The zero-order chi connectivity index (χ0) is 18.9. The van der Waals surface area contributed by atoms with Crippen LogP contribution < -0.4 is 0 Å². The third-order valence-corrected chi connectivity index (χ3v) is 5.24. The van der Waals surface area contributed by atoms with Gasteiger partial charge in [0.1, 0.15) is 0 Å². The Kier molecular flexibility index (Phi) is 5.11. The number of carbonyl (C=O) groups excluding carboxylic acids is 1. The van der Waals surface area contributed by atoms with Crippen LogP contribution >= 0.6 is 0 Å². The first-order chi connectivity index (χ1) is 12.3. The van der Waals surface area contributed by atoms with Gasteiger partial charge in [0.25, 0.3) is 5.91 Å². The lowest BCUT2D eigenvalue weighted by atomic mass is 10.0. The van der Waals surface area contributed by atoms with Crippen LogP contribution in [0.5, 0.6) is 0 Å². The Morgan fingerprint density at radius 2 is 1.73 bits per heavy atom. The van der Waals surface area contributed by atoms with E-state index in [1.165, 1.54) is 28.0 Å². The van der Waals surface area contributed by atoms with Crippen molar-refractivity contribution >= 4 is 12.0 Å². The molecule has 0 unspecified atom stereocenters. The first kappa shape index (κ1) is 18.5. The third kappa shape index (κ3) is 3.64. The number of hydrogen-bond donors (Lipinski definition) is 1. The molecule has 8 heteroatoms. The van der Waals surface area contributed by atoms with Gasteiger partial charge in [-0.15, -0.1) is 0 Å². The lowest BCUT2D eigenvalue weighted by molar-refractivity contribution is -0.138. The van der Waals surface area contributed by atoms with E-state index in [4.69, 9.17) is 5.11 Å². The average molecular weight is 370 g/mol. The van der Waals surface area contributed by atoms with Crippen molar-refractivity contribution in [1.29, 1.82) is 0 Å². The van der Waals surface area contributed by atoms with Crippen LogP contribution in [-0.2, 0) is 6.18 Å². The summed E-state index contributed by atoms with van der Waals surface area (Å²) in [5.74, 6) is -0.651. The Morgan fingerprint density at radius 1 is 1.08 bits per heavy atom. The van der Waals surface area contributed by atoms with Gasteiger partial charge in [0.2, 0.25) is 0 Å². The minimum atomic E-state index is -4.61. The third-order valence-electron chi connectivity index (χ3n) is 5.24. The largest absolute Gasteiger partial charge is 0.465 e. The van der Waals surface area contributed by atoms with Crippen LogP contribution in [0.15, 0.2) is 24.3 Å². The van der Waals surface area contributed by atoms with Crippen LogP contribution in [0.1, 0.15) is 48.0 Å². The van der Waals surface area contributed by atoms with Crippen LogP contribution in [0.4, 0.5) is 18.0 Å². The van der Waals surface area contributed by atoms with Gasteiger partial charge >= 0.3 is 12.3 Å². The van der Waals surface area contributed by atoms with Gasteiger partial charge < -0.3 is 14.9 Å². The molecule has 142 valence electrons. The quantitative estimate of drug-likeness (QED) is 0.879. The van der Waals surface area contributed by atoms with E-state index in [9.17, 15) is 22.8 Å². The zero-order valence-corrected chi connectivity index (χ0v) is 14.2. The molecule has 1 saturated carbocycles. The van der Waals surface area contributed by atoms with Gasteiger partial charge in [0.05, 0.1) is 17.2 Å². The predicted molar refractivity (Wildman–Crippen MR) is 87.9 cm³/mol. The summed E-state index contributed by atoms with van der Waals surface area (Å²) in [5, 5.41) is 9.16. The minimum Gasteiger partial charge on any atom is -0.465 e. The van der Waals surface area contributed by atoms with Crippen molar-refractivity contribution in [2.45, 2.75) is 50.4 Å². The van der Waals surface area contributed by atoms with E-state index in [0.717, 1.165) is 31.7 Å². The number of amides is 2. The van der Waals surface area contributed by atoms with E-state index >= 15 is 0 Å². The number of rotatable bonds is 3. The number of nitrogens with zero attached hydrogens (tertiary/aromatic N) is 2. The second kappa shape index (κ2) is 7.17. The summed E-state index contributed by atoms with van der Waals surface area (Å²) in [4.78, 5) is 27.1. The molecule has 1 atom stereocenters. The van der Waals surface area contributed by atoms with Gasteiger partial charge in [0.15, 0.2) is 0 Å². The maximum atomic E-state index is 13.3. The molecule has 3 rings (SSSR count). The smallest absolute Gasteiger partial charge is 0.417 e. The predicted octanol–water partition coefficient (Wildman–Crippen LogP) is 3.84. The number of alkyl halides is 3. The molecule has 2 amide bonds. The van der Waals surface area contributed by atoms with E-state index in [2.05, 4.69) is 0 Å². The Balaban J connectivity index is 1.93. The summed E-state index contributed by atoms with van der Waals surface area (Å²) in [5.41, 5.74) is -1.30. The molecule has 0 radical (unpaired) electrons. The fourth-order valence-electron chi connectivity index (χ4n) is 4.01. The highest BCUT2D eigenvalue weighted by Gasteiger charge is 2.41. The van der Waals surface area contributed by atoms with Crippen LogP contribution in [0.25, 0.3) is 0 Å².